The molecule has 1 fully saturated rings. The lowest BCUT2D eigenvalue weighted by Gasteiger charge is -2.12. The molecular weight excluding hydrogens is 352 g/mol. The van der Waals surface area contributed by atoms with E-state index in [0.717, 1.165) is 12.8 Å². The van der Waals surface area contributed by atoms with Gasteiger partial charge in [-0.15, -0.1) is 0 Å². The molecule has 1 heterocycles. The molecule has 2 N–H and O–H groups in total. The lowest BCUT2D eigenvalue weighted by molar-refractivity contribution is -0.147. The van der Waals surface area contributed by atoms with Crippen LogP contribution in [0.4, 0.5) is 0 Å². The third-order valence-electron chi connectivity index (χ3n) is 6.06. The van der Waals surface area contributed by atoms with Gasteiger partial charge in [0.1, 0.15) is 12.2 Å². The van der Waals surface area contributed by atoms with E-state index < -0.39 is 24.3 Å². The minimum atomic E-state index is -1.35. The van der Waals surface area contributed by atoms with Crippen LogP contribution in [0.5, 0.6) is 0 Å². The first kappa shape index (κ1) is 25.4. The van der Waals surface area contributed by atoms with E-state index in [0.29, 0.717) is 6.42 Å². The maximum Gasteiger partial charge on any atom is 0.338 e. The predicted octanol–water partition coefficient (Wildman–Crippen LogP) is 6.07. The Kier molecular flexibility index (Phi) is 15.7. The predicted molar refractivity (Wildman–Crippen MR) is 115 cm³/mol. The second-order valence-electron chi connectivity index (χ2n) is 8.71. The van der Waals surface area contributed by atoms with Gasteiger partial charge >= 0.3 is 5.97 Å². The van der Waals surface area contributed by atoms with Crippen molar-refractivity contribution in [3.05, 3.63) is 0 Å². The van der Waals surface area contributed by atoms with E-state index in [4.69, 9.17) is 4.74 Å². The molecule has 4 heteroatoms. The average Bonchev–Trinajstić information content (AvgIpc) is 2.94. The quantitative estimate of drug-likeness (QED) is 0.205. The van der Waals surface area contributed by atoms with E-state index in [2.05, 4.69) is 6.92 Å². The van der Waals surface area contributed by atoms with E-state index in [1.54, 1.807) is 0 Å². The second kappa shape index (κ2) is 17.3. The van der Waals surface area contributed by atoms with Gasteiger partial charge in [-0.3, -0.25) is 0 Å². The van der Waals surface area contributed by atoms with Crippen LogP contribution in [-0.4, -0.2) is 34.5 Å². The third kappa shape index (κ3) is 12.1. The Morgan fingerprint density at radius 2 is 1.00 bits per heavy atom. The molecule has 0 aromatic heterocycles. The number of ether oxygens (including phenoxy) is 1. The van der Waals surface area contributed by atoms with Crippen molar-refractivity contribution in [2.24, 2.45) is 0 Å². The molecule has 1 aliphatic heterocycles. The van der Waals surface area contributed by atoms with Crippen molar-refractivity contribution in [1.29, 1.82) is 0 Å². The Bertz CT molecular complexity index is 372. The van der Waals surface area contributed by atoms with Crippen LogP contribution in [0.3, 0.4) is 0 Å². The highest BCUT2D eigenvalue weighted by atomic mass is 16.6. The van der Waals surface area contributed by atoms with Gasteiger partial charge in [0.15, 0.2) is 6.10 Å². The number of cyclic esters (lactones) is 1. The SMILES string of the molecule is CCCCCCCCCCCCCCCCCCCC[C@H]1OC(=O)[C@H](O)[C@H]1O. The molecule has 4 nitrogen and oxygen atoms in total. The minimum Gasteiger partial charge on any atom is -0.457 e. The summed E-state index contributed by atoms with van der Waals surface area (Å²) in [4.78, 5) is 11.2. The van der Waals surface area contributed by atoms with Gasteiger partial charge in [0, 0.05) is 0 Å². The second-order valence-corrected chi connectivity index (χ2v) is 8.71. The van der Waals surface area contributed by atoms with Gasteiger partial charge in [0.25, 0.3) is 0 Å². The van der Waals surface area contributed by atoms with Crippen molar-refractivity contribution >= 4 is 5.97 Å². The summed E-state index contributed by atoms with van der Waals surface area (Å²) in [6.45, 7) is 2.28. The molecule has 166 valence electrons. The van der Waals surface area contributed by atoms with Crippen molar-refractivity contribution in [1.82, 2.24) is 0 Å². The molecule has 1 aliphatic rings. The summed E-state index contributed by atoms with van der Waals surface area (Å²) >= 11 is 0. The van der Waals surface area contributed by atoms with E-state index in [1.807, 2.05) is 0 Å². The highest BCUT2D eigenvalue weighted by Gasteiger charge is 2.41. The van der Waals surface area contributed by atoms with Crippen LogP contribution in [0, 0.1) is 0 Å². The van der Waals surface area contributed by atoms with Crippen LogP contribution >= 0.6 is 0 Å². The number of unbranched alkanes of at least 4 members (excludes halogenated alkanes) is 17. The zero-order valence-electron chi connectivity index (χ0n) is 18.4. The van der Waals surface area contributed by atoms with Crippen LogP contribution in [0.15, 0.2) is 0 Å². The Hall–Kier alpha value is -0.610. The maximum atomic E-state index is 11.2. The van der Waals surface area contributed by atoms with Gasteiger partial charge in [0.2, 0.25) is 0 Å². The van der Waals surface area contributed by atoms with Crippen molar-refractivity contribution in [2.75, 3.05) is 0 Å². The first-order valence-corrected chi connectivity index (χ1v) is 12.2. The Balaban J connectivity index is 1.73. The molecule has 0 aromatic carbocycles. The number of hydrogen-bond donors (Lipinski definition) is 2. The zero-order chi connectivity index (χ0) is 20.5. The number of aliphatic hydroxyl groups is 2. The lowest BCUT2D eigenvalue weighted by atomic mass is 10.0. The van der Waals surface area contributed by atoms with E-state index in [1.165, 1.54) is 103 Å². The normalized spacial score (nSPS) is 22.0. The van der Waals surface area contributed by atoms with Crippen LogP contribution in [0.1, 0.15) is 129 Å². The molecular formula is C24H46O4. The number of esters is 1. The summed E-state index contributed by atoms with van der Waals surface area (Å²) in [7, 11) is 0. The van der Waals surface area contributed by atoms with Crippen molar-refractivity contribution in [2.45, 2.75) is 147 Å². The van der Waals surface area contributed by atoms with Crippen molar-refractivity contribution in [3.63, 3.8) is 0 Å². The largest absolute Gasteiger partial charge is 0.457 e. The van der Waals surface area contributed by atoms with E-state index >= 15 is 0 Å². The van der Waals surface area contributed by atoms with Gasteiger partial charge in [-0.05, 0) is 12.8 Å². The van der Waals surface area contributed by atoms with Gasteiger partial charge in [-0.2, -0.15) is 0 Å². The molecule has 0 amide bonds. The monoisotopic (exact) mass is 398 g/mol. The fourth-order valence-corrected chi connectivity index (χ4v) is 4.11. The molecule has 3 atom stereocenters. The molecule has 0 spiro atoms. The third-order valence-corrected chi connectivity index (χ3v) is 6.06. The Morgan fingerprint density at radius 1 is 0.643 bits per heavy atom. The molecule has 0 radical (unpaired) electrons. The molecule has 0 aliphatic carbocycles. The topological polar surface area (TPSA) is 66.8 Å². The Labute approximate surface area is 173 Å². The standard InChI is InChI=1S/C24H46O4/c1-2-3-4-5-6-7-8-9-10-11-12-13-14-15-16-17-18-19-20-21-22(25)23(26)24(27)28-21/h21-23,25-26H,2-20H2,1H3/t21-,22+,23-/m1/s1. The van der Waals surface area contributed by atoms with E-state index in [9.17, 15) is 15.0 Å². The number of rotatable bonds is 19. The molecule has 28 heavy (non-hydrogen) atoms. The molecule has 0 bridgehead atoms. The van der Waals surface area contributed by atoms with Crippen LogP contribution < -0.4 is 0 Å². The summed E-state index contributed by atoms with van der Waals surface area (Å²) in [5, 5.41) is 19.0. The number of carbonyl (C=O) groups excluding carboxylic acids is 1. The van der Waals surface area contributed by atoms with E-state index in [-0.39, 0.29) is 0 Å². The van der Waals surface area contributed by atoms with Crippen molar-refractivity contribution < 1.29 is 19.7 Å². The number of aliphatic hydroxyl groups excluding tert-OH is 2. The summed E-state index contributed by atoms with van der Waals surface area (Å²) in [6, 6.07) is 0. The highest BCUT2D eigenvalue weighted by Crippen LogP contribution is 2.21. The minimum absolute atomic E-state index is 0.511. The number of carbonyl (C=O) groups is 1. The first-order chi connectivity index (χ1) is 13.7. The number of hydrogen-bond acceptors (Lipinski definition) is 4. The summed E-state index contributed by atoms with van der Waals surface area (Å²) in [6.07, 6.45) is 21.9. The zero-order valence-corrected chi connectivity index (χ0v) is 18.4. The van der Waals surface area contributed by atoms with Crippen LogP contribution in [-0.2, 0) is 9.53 Å². The maximum absolute atomic E-state index is 11.2. The molecule has 0 aromatic rings. The molecule has 0 unspecified atom stereocenters. The summed E-state index contributed by atoms with van der Waals surface area (Å²) in [5.41, 5.74) is 0. The summed E-state index contributed by atoms with van der Waals surface area (Å²) in [5.74, 6) is -0.681. The van der Waals surface area contributed by atoms with Gasteiger partial charge in [-0.25, -0.2) is 4.79 Å². The van der Waals surface area contributed by atoms with Gasteiger partial charge in [-0.1, -0.05) is 116 Å². The van der Waals surface area contributed by atoms with Gasteiger partial charge < -0.3 is 14.9 Å². The van der Waals surface area contributed by atoms with Crippen molar-refractivity contribution in [3.8, 4) is 0 Å². The average molecular weight is 399 g/mol. The van der Waals surface area contributed by atoms with Crippen LogP contribution in [0.25, 0.3) is 0 Å². The first-order valence-electron chi connectivity index (χ1n) is 12.2. The molecule has 0 saturated carbocycles. The van der Waals surface area contributed by atoms with Crippen LogP contribution in [0.2, 0.25) is 0 Å². The lowest BCUT2D eigenvalue weighted by Crippen LogP contribution is -2.30. The fraction of sp³-hybridized carbons (Fsp3) is 0.958. The fourth-order valence-electron chi connectivity index (χ4n) is 4.11. The molecule has 1 rings (SSSR count). The molecule has 1 saturated heterocycles. The van der Waals surface area contributed by atoms with Gasteiger partial charge in [0.05, 0.1) is 0 Å². The summed E-state index contributed by atoms with van der Waals surface area (Å²) < 4.78 is 4.98. The smallest absolute Gasteiger partial charge is 0.338 e. The highest BCUT2D eigenvalue weighted by molar-refractivity contribution is 5.77. The Morgan fingerprint density at radius 3 is 1.32 bits per heavy atom.